The first kappa shape index (κ1) is 25.4. The molecule has 192 valence electrons. The Bertz CT molecular complexity index is 1530. The average molecular weight is 516 g/mol. The second-order valence-corrected chi connectivity index (χ2v) is 7.46. The molecule has 4 rings (SSSR count). The van der Waals surface area contributed by atoms with E-state index in [2.05, 4.69) is 0 Å². The van der Waals surface area contributed by atoms with E-state index in [9.17, 15) is 22.8 Å². The number of carbonyl (C=O) groups is 1. The Morgan fingerprint density at radius 1 is 0.811 bits per heavy atom. The molecular weight excluding hydrogens is 497 g/mol. The highest BCUT2D eigenvalue weighted by atomic mass is 19.4. The van der Waals surface area contributed by atoms with Crippen LogP contribution in [0, 0.1) is 0 Å². The number of alkyl halides is 3. The van der Waals surface area contributed by atoms with Crippen molar-refractivity contribution < 1.29 is 46.1 Å². The molecule has 0 amide bonds. The SMILES string of the molecule is COc1ccc(C(=O)Oc2ccc3c(=O)c(Oc4ccccc4OC)c(C(F)(F)F)oc3c2)cc1OC. The Balaban J connectivity index is 1.73. The summed E-state index contributed by atoms with van der Waals surface area (Å²) in [5, 5.41) is -0.219. The highest BCUT2D eigenvalue weighted by molar-refractivity contribution is 5.92. The second kappa shape index (κ2) is 10.1. The van der Waals surface area contributed by atoms with Gasteiger partial charge in [0.15, 0.2) is 23.0 Å². The number of benzene rings is 3. The number of esters is 1. The Morgan fingerprint density at radius 3 is 2.11 bits per heavy atom. The maximum Gasteiger partial charge on any atom is 0.453 e. The van der Waals surface area contributed by atoms with Crippen LogP contribution in [-0.4, -0.2) is 27.3 Å². The van der Waals surface area contributed by atoms with Crippen molar-refractivity contribution in [1.82, 2.24) is 0 Å². The quantitative estimate of drug-likeness (QED) is 0.223. The summed E-state index contributed by atoms with van der Waals surface area (Å²) in [5.41, 5.74) is -1.43. The lowest BCUT2D eigenvalue weighted by Gasteiger charge is -2.15. The predicted molar refractivity (Wildman–Crippen MR) is 125 cm³/mol. The smallest absolute Gasteiger partial charge is 0.453 e. The molecular formula is C26H19F3O8. The van der Waals surface area contributed by atoms with E-state index in [1.165, 1.54) is 69.9 Å². The van der Waals surface area contributed by atoms with Gasteiger partial charge in [-0.2, -0.15) is 13.2 Å². The minimum Gasteiger partial charge on any atom is -0.493 e. The first-order valence-corrected chi connectivity index (χ1v) is 10.6. The summed E-state index contributed by atoms with van der Waals surface area (Å²) < 4.78 is 72.6. The summed E-state index contributed by atoms with van der Waals surface area (Å²) in [6.07, 6.45) is -5.07. The molecule has 8 nitrogen and oxygen atoms in total. The summed E-state index contributed by atoms with van der Waals surface area (Å²) in [7, 11) is 4.13. The number of hydrogen-bond acceptors (Lipinski definition) is 8. The molecule has 0 radical (unpaired) electrons. The van der Waals surface area contributed by atoms with Gasteiger partial charge in [-0.15, -0.1) is 0 Å². The third-order valence-corrected chi connectivity index (χ3v) is 5.19. The molecule has 3 aromatic carbocycles. The van der Waals surface area contributed by atoms with Gasteiger partial charge in [-0.1, -0.05) is 12.1 Å². The van der Waals surface area contributed by atoms with Crippen LogP contribution in [0.25, 0.3) is 11.0 Å². The van der Waals surface area contributed by atoms with Crippen LogP contribution in [0.3, 0.4) is 0 Å². The zero-order valence-corrected chi connectivity index (χ0v) is 19.7. The number of methoxy groups -OCH3 is 3. The van der Waals surface area contributed by atoms with Crippen molar-refractivity contribution in [1.29, 1.82) is 0 Å². The zero-order chi connectivity index (χ0) is 26.7. The lowest BCUT2D eigenvalue weighted by molar-refractivity contribution is -0.154. The van der Waals surface area contributed by atoms with Crippen molar-refractivity contribution >= 4 is 16.9 Å². The molecule has 0 aliphatic heterocycles. The molecule has 11 heteroatoms. The molecule has 1 heterocycles. The van der Waals surface area contributed by atoms with Crippen LogP contribution in [0.15, 0.2) is 69.9 Å². The summed E-state index contributed by atoms with van der Waals surface area (Å²) in [5.74, 6) is -3.01. The minimum absolute atomic E-state index is 0.0933. The van der Waals surface area contributed by atoms with Gasteiger partial charge in [-0.05, 0) is 42.5 Å². The van der Waals surface area contributed by atoms with Crippen LogP contribution in [0.2, 0.25) is 0 Å². The summed E-state index contributed by atoms with van der Waals surface area (Å²) >= 11 is 0. The van der Waals surface area contributed by atoms with Crippen molar-refractivity contribution in [3.8, 4) is 34.5 Å². The molecule has 0 bridgehead atoms. The monoisotopic (exact) mass is 516 g/mol. The molecule has 0 aliphatic carbocycles. The van der Waals surface area contributed by atoms with E-state index < -0.39 is 34.7 Å². The largest absolute Gasteiger partial charge is 0.493 e. The van der Waals surface area contributed by atoms with Gasteiger partial charge in [0.2, 0.25) is 11.2 Å². The van der Waals surface area contributed by atoms with E-state index in [1.807, 2.05) is 0 Å². The molecule has 0 unspecified atom stereocenters. The fourth-order valence-electron chi connectivity index (χ4n) is 3.44. The number of fused-ring (bicyclic) bond motifs is 1. The Labute approximate surface area is 207 Å². The molecule has 37 heavy (non-hydrogen) atoms. The van der Waals surface area contributed by atoms with Gasteiger partial charge in [0.25, 0.3) is 5.76 Å². The third kappa shape index (κ3) is 5.15. The summed E-state index contributed by atoms with van der Waals surface area (Å²) in [6, 6.07) is 13.6. The Morgan fingerprint density at radius 2 is 1.46 bits per heavy atom. The van der Waals surface area contributed by atoms with Crippen molar-refractivity contribution in [3.63, 3.8) is 0 Å². The highest BCUT2D eigenvalue weighted by Gasteiger charge is 2.40. The molecule has 0 N–H and O–H groups in total. The molecule has 0 spiro atoms. The number of hydrogen-bond donors (Lipinski definition) is 0. The van der Waals surface area contributed by atoms with Gasteiger partial charge < -0.3 is 28.1 Å². The highest BCUT2D eigenvalue weighted by Crippen LogP contribution is 2.40. The number of ether oxygens (including phenoxy) is 5. The van der Waals surface area contributed by atoms with Crippen molar-refractivity contribution in [2.24, 2.45) is 0 Å². The standard InChI is InChI=1S/C26H19F3O8/c1-32-17-6-4-5-7-19(17)36-23-22(30)16-10-9-15(13-20(16)37-24(23)26(27,28)29)35-25(31)14-8-11-18(33-2)21(12-14)34-3/h4-13H,1-3H3. The minimum atomic E-state index is -5.07. The van der Waals surface area contributed by atoms with E-state index in [1.54, 1.807) is 6.07 Å². The average Bonchev–Trinajstić information content (AvgIpc) is 2.89. The van der Waals surface area contributed by atoms with Crippen LogP contribution in [0.1, 0.15) is 16.1 Å². The first-order chi connectivity index (χ1) is 17.7. The van der Waals surface area contributed by atoms with E-state index in [0.29, 0.717) is 5.75 Å². The van der Waals surface area contributed by atoms with Gasteiger partial charge in [0.05, 0.1) is 32.3 Å². The normalized spacial score (nSPS) is 11.2. The van der Waals surface area contributed by atoms with E-state index in [4.69, 9.17) is 28.1 Å². The summed E-state index contributed by atoms with van der Waals surface area (Å²) in [4.78, 5) is 25.6. The Kier molecular flexibility index (Phi) is 6.96. The van der Waals surface area contributed by atoms with Crippen LogP contribution in [0.4, 0.5) is 13.2 Å². The first-order valence-electron chi connectivity index (χ1n) is 10.6. The Hall–Kier alpha value is -4.67. The summed E-state index contributed by atoms with van der Waals surface area (Å²) in [6.45, 7) is 0. The zero-order valence-electron chi connectivity index (χ0n) is 19.7. The van der Waals surface area contributed by atoms with Crippen LogP contribution in [0.5, 0.6) is 34.5 Å². The molecule has 0 aliphatic rings. The lowest BCUT2D eigenvalue weighted by Crippen LogP contribution is -2.16. The van der Waals surface area contributed by atoms with Crippen LogP contribution < -0.4 is 29.1 Å². The van der Waals surface area contributed by atoms with Crippen LogP contribution in [-0.2, 0) is 6.18 Å². The van der Waals surface area contributed by atoms with Gasteiger partial charge in [-0.25, -0.2) is 4.79 Å². The van der Waals surface area contributed by atoms with Gasteiger partial charge in [0, 0.05) is 6.07 Å². The fourth-order valence-corrected chi connectivity index (χ4v) is 3.44. The molecule has 0 atom stereocenters. The second-order valence-electron chi connectivity index (χ2n) is 7.46. The number of halogens is 3. The number of rotatable bonds is 7. The van der Waals surface area contributed by atoms with Crippen molar-refractivity contribution in [2.75, 3.05) is 21.3 Å². The predicted octanol–water partition coefficient (Wildman–Crippen LogP) is 5.85. The maximum absolute atomic E-state index is 13.9. The molecule has 4 aromatic rings. The van der Waals surface area contributed by atoms with E-state index in [0.717, 1.165) is 6.07 Å². The molecule has 0 saturated carbocycles. The maximum atomic E-state index is 13.9. The third-order valence-electron chi connectivity index (χ3n) is 5.19. The van der Waals surface area contributed by atoms with E-state index >= 15 is 0 Å². The van der Waals surface area contributed by atoms with Gasteiger partial charge in [0.1, 0.15) is 11.3 Å². The van der Waals surface area contributed by atoms with Crippen LogP contribution >= 0.6 is 0 Å². The fraction of sp³-hybridized carbons (Fsp3) is 0.154. The lowest BCUT2D eigenvalue weighted by atomic mass is 10.2. The molecule has 0 fully saturated rings. The van der Waals surface area contributed by atoms with Crippen molar-refractivity contribution in [3.05, 3.63) is 82.2 Å². The molecule has 1 aromatic heterocycles. The van der Waals surface area contributed by atoms with E-state index in [-0.39, 0.29) is 33.9 Å². The number of carbonyl (C=O) groups excluding carboxylic acids is 1. The molecule has 0 saturated heterocycles. The van der Waals surface area contributed by atoms with Crippen molar-refractivity contribution in [2.45, 2.75) is 6.18 Å². The number of para-hydroxylation sites is 2. The van der Waals surface area contributed by atoms with Gasteiger partial charge >= 0.3 is 12.1 Å². The topological polar surface area (TPSA) is 93.4 Å². The van der Waals surface area contributed by atoms with Gasteiger partial charge in [-0.3, -0.25) is 4.79 Å².